The third kappa shape index (κ3) is 4.08. The van der Waals surface area contributed by atoms with Crippen LogP contribution in [0.5, 0.6) is 5.75 Å². The first kappa shape index (κ1) is 20.9. The molecule has 0 saturated carbocycles. The molecule has 0 spiro atoms. The molecule has 0 saturated heterocycles. The number of hydrogen-bond donors (Lipinski definition) is 2. The minimum Gasteiger partial charge on any atom is -0.507 e. The molecule has 0 radical (unpaired) electrons. The van der Waals surface area contributed by atoms with E-state index in [0.717, 1.165) is 0 Å². The maximum atomic E-state index is 12.6. The number of pyridine rings is 1. The molecule has 1 aromatic heterocycles. The number of sulfone groups is 1. The second-order valence-electron chi connectivity index (χ2n) is 5.20. The molecular formula is C17H19ClN2O4S. The zero-order valence-electron chi connectivity index (χ0n) is 13.2. The van der Waals surface area contributed by atoms with Crippen molar-refractivity contribution in [2.45, 2.75) is 4.90 Å². The first-order valence-corrected chi connectivity index (χ1v) is 8.77. The summed E-state index contributed by atoms with van der Waals surface area (Å²) in [7, 11) is -3.51. The second kappa shape index (κ2) is 8.26. The van der Waals surface area contributed by atoms with Crippen LogP contribution in [-0.2, 0) is 9.84 Å². The van der Waals surface area contributed by atoms with Crippen LogP contribution in [0.25, 0.3) is 21.9 Å². The highest BCUT2D eigenvalue weighted by Gasteiger charge is 2.19. The molecule has 134 valence electrons. The van der Waals surface area contributed by atoms with Gasteiger partial charge >= 0.3 is 0 Å². The van der Waals surface area contributed by atoms with Crippen LogP contribution in [0.2, 0.25) is 0 Å². The lowest BCUT2D eigenvalue weighted by molar-refractivity contribution is 0.477. The Morgan fingerprint density at radius 2 is 1.84 bits per heavy atom. The number of nitrogens with zero attached hydrogens (tertiary/aromatic N) is 1. The van der Waals surface area contributed by atoms with Crippen LogP contribution < -0.4 is 5.73 Å². The van der Waals surface area contributed by atoms with Gasteiger partial charge in [-0.3, -0.25) is 4.98 Å². The zero-order chi connectivity index (χ0) is 16.4. The number of halogens is 1. The summed E-state index contributed by atoms with van der Waals surface area (Å²) >= 11 is 0. The Labute approximate surface area is 152 Å². The van der Waals surface area contributed by atoms with E-state index in [9.17, 15) is 13.5 Å². The Kier molecular flexibility index (Phi) is 6.89. The van der Waals surface area contributed by atoms with Gasteiger partial charge in [0.2, 0.25) is 0 Å². The summed E-state index contributed by atoms with van der Waals surface area (Å²) in [6.45, 7) is 0.0513. The van der Waals surface area contributed by atoms with E-state index < -0.39 is 9.84 Å². The average Bonchev–Trinajstić information content (AvgIpc) is 2.54. The maximum Gasteiger partial charge on any atom is 0.180 e. The van der Waals surface area contributed by atoms with Crippen molar-refractivity contribution in [3.05, 3.63) is 54.9 Å². The Bertz CT molecular complexity index is 977. The maximum absolute atomic E-state index is 12.6. The molecule has 0 fully saturated rings. The van der Waals surface area contributed by atoms with Crippen LogP contribution in [0, 0.1) is 0 Å². The van der Waals surface area contributed by atoms with Gasteiger partial charge in [-0.1, -0.05) is 18.2 Å². The lowest BCUT2D eigenvalue weighted by atomic mass is 10.0. The Morgan fingerprint density at radius 1 is 1.12 bits per heavy atom. The Balaban J connectivity index is 0.00000156. The first-order valence-electron chi connectivity index (χ1n) is 7.12. The molecule has 6 nitrogen and oxygen atoms in total. The minimum atomic E-state index is -3.51. The number of aromatic nitrogens is 1. The quantitative estimate of drug-likeness (QED) is 0.713. The third-order valence-electron chi connectivity index (χ3n) is 3.65. The number of nitrogens with two attached hydrogens (primary N) is 1. The van der Waals surface area contributed by atoms with E-state index in [2.05, 4.69) is 4.98 Å². The Hall–Kier alpha value is -2.19. The summed E-state index contributed by atoms with van der Waals surface area (Å²) in [6, 6.07) is 11.9. The van der Waals surface area contributed by atoms with Gasteiger partial charge < -0.3 is 16.3 Å². The molecule has 0 aliphatic heterocycles. The van der Waals surface area contributed by atoms with E-state index in [1.54, 1.807) is 48.8 Å². The monoisotopic (exact) mass is 382 g/mol. The molecule has 0 atom stereocenters. The minimum absolute atomic E-state index is 0. The van der Waals surface area contributed by atoms with Crippen LogP contribution in [-0.4, -0.2) is 36.3 Å². The summed E-state index contributed by atoms with van der Waals surface area (Å²) in [4.78, 5) is 4.27. The van der Waals surface area contributed by atoms with Gasteiger partial charge in [0.05, 0.1) is 10.6 Å². The highest BCUT2D eigenvalue weighted by atomic mass is 35.5. The van der Waals surface area contributed by atoms with Gasteiger partial charge in [0, 0.05) is 35.3 Å². The van der Waals surface area contributed by atoms with Crippen LogP contribution in [0.15, 0.2) is 59.8 Å². The summed E-state index contributed by atoms with van der Waals surface area (Å²) < 4.78 is 25.1. The second-order valence-corrected chi connectivity index (χ2v) is 7.27. The van der Waals surface area contributed by atoms with Gasteiger partial charge in [-0.15, -0.1) is 12.4 Å². The van der Waals surface area contributed by atoms with Gasteiger partial charge in [0.25, 0.3) is 0 Å². The summed E-state index contributed by atoms with van der Waals surface area (Å²) in [6.07, 6.45) is 3.17. The molecule has 1 heterocycles. The van der Waals surface area contributed by atoms with Gasteiger partial charge in [-0.2, -0.15) is 0 Å². The van der Waals surface area contributed by atoms with Crippen molar-refractivity contribution in [1.82, 2.24) is 4.98 Å². The smallest absolute Gasteiger partial charge is 0.180 e. The predicted molar refractivity (Wildman–Crippen MR) is 101 cm³/mol. The summed E-state index contributed by atoms with van der Waals surface area (Å²) in [5.41, 5.74) is 6.63. The van der Waals surface area contributed by atoms with Crippen molar-refractivity contribution in [2.75, 3.05) is 12.3 Å². The van der Waals surface area contributed by atoms with Crippen molar-refractivity contribution < 1.29 is 19.0 Å². The number of phenolic OH excluding ortho intramolecular Hbond substituents is 1. The average molecular weight is 383 g/mol. The molecule has 0 aliphatic carbocycles. The highest BCUT2D eigenvalue weighted by Crippen LogP contribution is 2.34. The number of fused-ring (bicyclic) bond motifs is 1. The van der Waals surface area contributed by atoms with Gasteiger partial charge in [0.1, 0.15) is 5.75 Å². The molecule has 0 unspecified atom stereocenters. The standard InChI is InChI=1S/C17H16N2O3S.ClH.H2O/c18-6-8-23(21,22)17-10-12(14-3-1-2-4-16(14)20)9-13-11-19-7-5-15(13)17;;/h1-5,7,9-11,20H,6,8,18H2;1H;1H2. The first-order chi connectivity index (χ1) is 11.0. The number of aromatic hydroxyl groups is 1. The molecule has 5 N–H and O–H groups in total. The van der Waals surface area contributed by atoms with Crippen molar-refractivity contribution in [2.24, 2.45) is 5.73 Å². The fourth-order valence-electron chi connectivity index (χ4n) is 2.57. The number of phenols is 1. The van der Waals surface area contributed by atoms with Crippen LogP contribution in [0.4, 0.5) is 0 Å². The van der Waals surface area contributed by atoms with Gasteiger partial charge in [0.15, 0.2) is 9.84 Å². The number of hydrogen-bond acceptors (Lipinski definition) is 5. The number of benzene rings is 2. The van der Waals surface area contributed by atoms with E-state index in [1.165, 1.54) is 0 Å². The molecule has 8 heteroatoms. The molecule has 2 aromatic carbocycles. The lowest BCUT2D eigenvalue weighted by Gasteiger charge is -2.11. The van der Waals surface area contributed by atoms with Crippen LogP contribution in [0.3, 0.4) is 0 Å². The van der Waals surface area contributed by atoms with Crippen molar-refractivity contribution in [3.8, 4) is 16.9 Å². The van der Waals surface area contributed by atoms with Crippen molar-refractivity contribution >= 4 is 33.0 Å². The highest BCUT2D eigenvalue weighted by molar-refractivity contribution is 7.91. The van der Waals surface area contributed by atoms with Crippen molar-refractivity contribution in [1.29, 1.82) is 0 Å². The van der Waals surface area contributed by atoms with Gasteiger partial charge in [-0.05, 0) is 29.8 Å². The van der Waals surface area contributed by atoms with Crippen LogP contribution in [0.1, 0.15) is 0 Å². The fourth-order valence-corrected chi connectivity index (χ4v) is 3.93. The number of para-hydroxylation sites is 1. The molecule has 3 aromatic rings. The summed E-state index contributed by atoms with van der Waals surface area (Å²) in [5, 5.41) is 11.4. The zero-order valence-corrected chi connectivity index (χ0v) is 14.8. The van der Waals surface area contributed by atoms with Crippen molar-refractivity contribution in [3.63, 3.8) is 0 Å². The topological polar surface area (TPSA) is 125 Å². The molecular weight excluding hydrogens is 364 g/mol. The van der Waals surface area contributed by atoms with E-state index in [4.69, 9.17) is 5.73 Å². The summed E-state index contributed by atoms with van der Waals surface area (Å²) in [5.74, 6) is -0.0350. The normalized spacial score (nSPS) is 10.8. The SMILES string of the molecule is Cl.NCCS(=O)(=O)c1cc(-c2ccccc2O)cc2cnccc12.O. The molecule has 0 amide bonds. The molecule has 0 bridgehead atoms. The third-order valence-corrected chi connectivity index (χ3v) is 5.43. The van der Waals surface area contributed by atoms with E-state index in [-0.39, 0.29) is 40.8 Å². The number of rotatable bonds is 4. The van der Waals surface area contributed by atoms with Gasteiger partial charge in [-0.25, -0.2) is 8.42 Å². The van der Waals surface area contributed by atoms with E-state index in [1.807, 2.05) is 6.07 Å². The lowest BCUT2D eigenvalue weighted by Crippen LogP contribution is -2.16. The predicted octanol–water partition coefficient (Wildman–Crippen LogP) is 1.94. The Morgan fingerprint density at radius 3 is 2.52 bits per heavy atom. The fraction of sp³-hybridized carbons (Fsp3) is 0.118. The largest absolute Gasteiger partial charge is 0.507 e. The molecule has 3 rings (SSSR count). The molecule has 0 aliphatic rings. The van der Waals surface area contributed by atoms with E-state index >= 15 is 0 Å². The van der Waals surface area contributed by atoms with E-state index in [0.29, 0.717) is 21.9 Å². The molecule has 25 heavy (non-hydrogen) atoms. The van der Waals surface area contributed by atoms with Crippen LogP contribution >= 0.6 is 12.4 Å².